The van der Waals surface area contributed by atoms with E-state index in [1.807, 2.05) is 12.1 Å². The third-order valence-corrected chi connectivity index (χ3v) is 6.98. The van der Waals surface area contributed by atoms with Gasteiger partial charge in [-0.15, -0.1) is 0 Å². The van der Waals surface area contributed by atoms with Crippen LogP contribution in [-0.4, -0.2) is 25.7 Å². The standard InChI is InChI=1S/C30H18BrN5O7/c31-21-8-10-27-19(13-21)15-28(43-27)29-33-25-7-2-1-6-24(25)30(37)34(29)32-16-20-14-23(36(40)41)9-11-26(20)42-17-18-4-3-5-22(12-18)35(38)39/h1-16H,17H2. The Morgan fingerprint density at radius 2 is 1.72 bits per heavy atom. The molecule has 2 heterocycles. The van der Waals surface area contributed by atoms with Crippen molar-refractivity contribution in [2.45, 2.75) is 6.61 Å². The van der Waals surface area contributed by atoms with E-state index < -0.39 is 15.4 Å². The molecule has 0 bridgehead atoms. The summed E-state index contributed by atoms with van der Waals surface area (Å²) in [6.07, 6.45) is 1.26. The third-order valence-electron chi connectivity index (χ3n) is 6.48. The van der Waals surface area contributed by atoms with Crippen LogP contribution in [0.2, 0.25) is 0 Å². The molecule has 43 heavy (non-hydrogen) atoms. The van der Waals surface area contributed by atoms with Crippen LogP contribution in [0.4, 0.5) is 11.4 Å². The molecule has 0 N–H and O–H groups in total. The Morgan fingerprint density at radius 3 is 2.53 bits per heavy atom. The first-order valence-corrected chi connectivity index (χ1v) is 13.5. The molecule has 0 aliphatic carbocycles. The molecule has 0 unspecified atom stereocenters. The lowest BCUT2D eigenvalue weighted by Crippen LogP contribution is -2.20. The molecule has 6 rings (SSSR count). The molecular formula is C30H18BrN5O7. The minimum Gasteiger partial charge on any atom is -0.488 e. The average Bonchev–Trinajstić information content (AvgIpc) is 3.43. The minimum atomic E-state index is -0.566. The first-order chi connectivity index (χ1) is 20.8. The molecule has 13 heteroatoms. The number of hydrogen-bond donors (Lipinski definition) is 0. The van der Waals surface area contributed by atoms with E-state index in [1.54, 1.807) is 42.5 Å². The lowest BCUT2D eigenvalue weighted by atomic mass is 10.2. The quantitative estimate of drug-likeness (QED) is 0.0994. The number of para-hydroxylation sites is 1. The normalized spacial score (nSPS) is 11.4. The molecule has 6 aromatic rings. The SMILES string of the molecule is O=c1c2ccccc2nc(-c2cc3cc(Br)ccc3o2)n1N=Cc1cc([N+](=O)[O-])ccc1OCc1cccc([N+](=O)[O-])c1. The molecule has 4 aromatic carbocycles. The maximum atomic E-state index is 13.6. The predicted molar refractivity (Wildman–Crippen MR) is 162 cm³/mol. The topological polar surface area (TPSA) is 156 Å². The fraction of sp³-hybridized carbons (Fsp3) is 0.0333. The van der Waals surface area contributed by atoms with Gasteiger partial charge in [0, 0.05) is 39.7 Å². The highest BCUT2D eigenvalue weighted by Crippen LogP contribution is 2.30. The fourth-order valence-electron chi connectivity index (χ4n) is 4.44. The lowest BCUT2D eigenvalue weighted by molar-refractivity contribution is -0.385. The van der Waals surface area contributed by atoms with Crippen molar-refractivity contribution in [3.8, 4) is 17.3 Å². The van der Waals surface area contributed by atoms with Gasteiger partial charge in [0.2, 0.25) is 5.82 Å². The van der Waals surface area contributed by atoms with E-state index in [9.17, 15) is 25.0 Å². The molecule has 0 atom stereocenters. The van der Waals surface area contributed by atoms with Crippen molar-refractivity contribution in [3.63, 3.8) is 0 Å². The molecule has 0 spiro atoms. The van der Waals surface area contributed by atoms with Crippen molar-refractivity contribution < 1.29 is 19.0 Å². The smallest absolute Gasteiger partial charge is 0.282 e. The van der Waals surface area contributed by atoms with E-state index in [1.165, 1.54) is 42.6 Å². The number of aromatic nitrogens is 2. The van der Waals surface area contributed by atoms with Crippen LogP contribution in [0.5, 0.6) is 5.75 Å². The Labute approximate surface area is 249 Å². The second-order valence-electron chi connectivity index (χ2n) is 9.30. The van der Waals surface area contributed by atoms with E-state index in [2.05, 4.69) is 26.0 Å². The Bertz CT molecular complexity index is 2160. The summed E-state index contributed by atoms with van der Waals surface area (Å²) in [4.78, 5) is 39.9. The van der Waals surface area contributed by atoms with Crippen LogP contribution in [0.15, 0.2) is 110 Å². The summed E-state index contributed by atoms with van der Waals surface area (Å²) in [7, 11) is 0. The van der Waals surface area contributed by atoms with Gasteiger partial charge in [-0.2, -0.15) is 9.78 Å². The number of benzene rings is 4. The van der Waals surface area contributed by atoms with Gasteiger partial charge in [-0.3, -0.25) is 25.0 Å². The summed E-state index contributed by atoms with van der Waals surface area (Å²) in [6, 6.07) is 23.8. The second kappa shape index (κ2) is 11.3. The number of non-ortho nitro benzene ring substituents is 2. The number of ether oxygens (including phenoxy) is 1. The Balaban J connectivity index is 1.44. The van der Waals surface area contributed by atoms with Gasteiger partial charge in [0.1, 0.15) is 17.9 Å². The van der Waals surface area contributed by atoms with Crippen molar-refractivity contribution >= 4 is 55.4 Å². The molecule has 0 saturated carbocycles. The van der Waals surface area contributed by atoms with Crippen molar-refractivity contribution in [1.82, 2.24) is 9.66 Å². The first kappa shape index (κ1) is 27.5. The predicted octanol–water partition coefficient (Wildman–Crippen LogP) is 6.85. The van der Waals surface area contributed by atoms with E-state index in [0.717, 1.165) is 14.5 Å². The number of nitro benzene ring substituents is 2. The summed E-state index contributed by atoms with van der Waals surface area (Å²) >= 11 is 3.44. The highest BCUT2D eigenvalue weighted by atomic mass is 79.9. The third kappa shape index (κ3) is 5.61. The first-order valence-electron chi connectivity index (χ1n) is 12.7. The lowest BCUT2D eigenvalue weighted by Gasteiger charge is -2.10. The number of nitrogens with zero attached hydrogens (tertiary/aromatic N) is 5. The van der Waals surface area contributed by atoms with Crippen LogP contribution in [0.25, 0.3) is 33.5 Å². The van der Waals surface area contributed by atoms with Gasteiger partial charge in [0.15, 0.2) is 5.76 Å². The number of nitro groups is 2. The molecule has 0 fully saturated rings. The zero-order valence-electron chi connectivity index (χ0n) is 21.9. The highest BCUT2D eigenvalue weighted by molar-refractivity contribution is 9.10. The molecule has 0 aliphatic heterocycles. The maximum absolute atomic E-state index is 13.6. The minimum absolute atomic E-state index is 0.0579. The molecule has 212 valence electrons. The molecule has 0 amide bonds. The van der Waals surface area contributed by atoms with Gasteiger partial charge in [-0.05, 0) is 48.0 Å². The van der Waals surface area contributed by atoms with E-state index in [0.29, 0.717) is 22.0 Å². The van der Waals surface area contributed by atoms with Gasteiger partial charge in [0.05, 0.1) is 27.0 Å². The number of rotatable bonds is 8. The van der Waals surface area contributed by atoms with Crippen LogP contribution in [0, 0.1) is 20.2 Å². The Hall–Kier alpha value is -5.69. The zero-order chi connectivity index (χ0) is 30.1. The van der Waals surface area contributed by atoms with Crippen molar-refractivity contribution in [2.24, 2.45) is 5.10 Å². The maximum Gasteiger partial charge on any atom is 0.282 e. The van der Waals surface area contributed by atoms with E-state index >= 15 is 0 Å². The van der Waals surface area contributed by atoms with Crippen LogP contribution in [-0.2, 0) is 6.61 Å². The summed E-state index contributed by atoms with van der Waals surface area (Å²) < 4.78 is 13.8. The van der Waals surface area contributed by atoms with Crippen molar-refractivity contribution in [2.75, 3.05) is 0 Å². The molecule has 0 radical (unpaired) electrons. The van der Waals surface area contributed by atoms with Crippen LogP contribution >= 0.6 is 15.9 Å². The van der Waals surface area contributed by atoms with Gasteiger partial charge < -0.3 is 9.15 Å². The monoisotopic (exact) mass is 639 g/mol. The number of furan rings is 1. The van der Waals surface area contributed by atoms with Gasteiger partial charge in [0.25, 0.3) is 16.9 Å². The number of hydrogen-bond acceptors (Lipinski definition) is 9. The molecule has 0 saturated heterocycles. The van der Waals surface area contributed by atoms with E-state index in [-0.39, 0.29) is 40.9 Å². The van der Waals surface area contributed by atoms with Crippen LogP contribution in [0.1, 0.15) is 11.1 Å². The van der Waals surface area contributed by atoms with Crippen LogP contribution < -0.4 is 10.3 Å². The molecule has 12 nitrogen and oxygen atoms in total. The zero-order valence-corrected chi connectivity index (χ0v) is 23.5. The Kier molecular flexibility index (Phi) is 7.22. The summed E-state index contributed by atoms with van der Waals surface area (Å²) in [5, 5.41) is 28.2. The fourth-order valence-corrected chi connectivity index (χ4v) is 4.82. The Morgan fingerprint density at radius 1 is 0.930 bits per heavy atom. The highest BCUT2D eigenvalue weighted by Gasteiger charge is 2.18. The largest absolute Gasteiger partial charge is 0.488 e. The van der Waals surface area contributed by atoms with Crippen LogP contribution in [0.3, 0.4) is 0 Å². The van der Waals surface area contributed by atoms with Gasteiger partial charge in [-0.1, -0.05) is 40.2 Å². The number of fused-ring (bicyclic) bond motifs is 2. The van der Waals surface area contributed by atoms with E-state index in [4.69, 9.17) is 9.15 Å². The summed E-state index contributed by atoms with van der Waals surface area (Å²) in [5.74, 6) is 0.615. The molecule has 2 aromatic heterocycles. The molecule has 0 aliphatic rings. The summed E-state index contributed by atoms with van der Waals surface area (Å²) in [5.41, 5.74) is 0.918. The average molecular weight is 640 g/mol. The number of halogens is 1. The molecular weight excluding hydrogens is 622 g/mol. The van der Waals surface area contributed by atoms with Crippen molar-refractivity contribution in [3.05, 3.63) is 137 Å². The summed E-state index contributed by atoms with van der Waals surface area (Å²) in [6.45, 7) is -0.0579. The second-order valence-corrected chi connectivity index (χ2v) is 10.2. The van der Waals surface area contributed by atoms with Gasteiger partial charge >= 0.3 is 0 Å². The van der Waals surface area contributed by atoms with Gasteiger partial charge in [-0.25, -0.2) is 4.98 Å². The van der Waals surface area contributed by atoms with Crippen molar-refractivity contribution in [1.29, 1.82) is 0 Å².